The van der Waals surface area contributed by atoms with Crippen molar-refractivity contribution in [3.8, 4) is 0 Å². The zero-order valence-corrected chi connectivity index (χ0v) is 13.8. The monoisotopic (exact) mass is 324 g/mol. The first-order valence-corrected chi connectivity index (χ1v) is 8.46. The van der Waals surface area contributed by atoms with Gasteiger partial charge in [-0.2, -0.15) is 0 Å². The maximum atomic E-state index is 11.4. The van der Waals surface area contributed by atoms with Gasteiger partial charge in [-0.3, -0.25) is 9.78 Å². The number of benzene rings is 1. The number of aromatic nitrogens is 1. The van der Waals surface area contributed by atoms with Gasteiger partial charge in [0.2, 0.25) is 0 Å². The average molecular weight is 324 g/mol. The minimum absolute atomic E-state index is 0.443. The Morgan fingerprint density at radius 3 is 2.92 bits per heavy atom. The number of pyridine rings is 1. The van der Waals surface area contributed by atoms with E-state index in [-0.39, 0.29) is 0 Å². The molecule has 1 amide bonds. The quantitative estimate of drug-likeness (QED) is 0.819. The summed E-state index contributed by atoms with van der Waals surface area (Å²) in [7, 11) is 0. The number of hydrogen-bond donors (Lipinski definition) is 2. The average Bonchev–Trinajstić information content (AvgIpc) is 3.07. The molecule has 0 aliphatic carbocycles. The molecule has 1 aliphatic heterocycles. The number of anilines is 1. The Morgan fingerprint density at radius 2 is 2.12 bits per heavy atom. The van der Waals surface area contributed by atoms with Crippen LogP contribution in [0.1, 0.15) is 22.3 Å². The van der Waals surface area contributed by atoms with Gasteiger partial charge in [-0.1, -0.05) is 30.3 Å². The number of primary amides is 1. The summed E-state index contributed by atoms with van der Waals surface area (Å²) in [5.74, 6) is 0.149. The molecule has 0 bridgehead atoms. The molecule has 0 saturated carbocycles. The highest BCUT2D eigenvalue weighted by Gasteiger charge is 2.22. The molecule has 1 unspecified atom stereocenters. The molecule has 0 spiro atoms. The van der Waals surface area contributed by atoms with Gasteiger partial charge < -0.3 is 16.0 Å². The first-order chi connectivity index (χ1) is 11.7. The molecule has 1 fully saturated rings. The summed E-state index contributed by atoms with van der Waals surface area (Å²) in [6.45, 7) is 4.18. The number of rotatable bonds is 7. The lowest BCUT2D eigenvalue weighted by atomic mass is 10.1. The second-order valence-electron chi connectivity index (χ2n) is 6.36. The van der Waals surface area contributed by atoms with Gasteiger partial charge in [0.25, 0.3) is 5.91 Å². The van der Waals surface area contributed by atoms with Crippen molar-refractivity contribution in [2.45, 2.75) is 12.8 Å². The van der Waals surface area contributed by atoms with Crippen LogP contribution >= 0.6 is 0 Å². The van der Waals surface area contributed by atoms with Gasteiger partial charge in [0.1, 0.15) is 0 Å². The fraction of sp³-hybridized carbons (Fsp3) is 0.368. The summed E-state index contributed by atoms with van der Waals surface area (Å²) in [4.78, 5) is 17.9. The molecule has 2 heterocycles. The molecule has 3 rings (SSSR count). The number of hydrogen-bond acceptors (Lipinski definition) is 4. The normalized spacial score (nSPS) is 17.8. The van der Waals surface area contributed by atoms with Gasteiger partial charge in [0, 0.05) is 32.0 Å². The van der Waals surface area contributed by atoms with Crippen molar-refractivity contribution in [3.05, 3.63) is 59.9 Å². The van der Waals surface area contributed by atoms with Gasteiger partial charge in [-0.25, -0.2) is 0 Å². The lowest BCUT2D eigenvalue weighted by molar-refractivity contribution is 0.100. The molecule has 1 saturated heterocycles. The summed E-state index contributed by atoms with van der Waals surface area (Å²) < 4.78 is 0. The highest BCUT2D eigenvalue weighted by molar-refractivity contribution is 5.98. The van der Waals surface area contributed by atoms with Crippen LogP contribution in [0.25, 0.3) is 0 Å². The third kappa shape index (κ3) is 4.32. The Hall–Kier alpha value is -2.40. The zero-order chi connectivity index (χ0) is 16.8. The Kier molecular flexibility index (Phi) is 5.43. The van der Waals surface area contributed by atoms with Crippen molar-refractivity contribution >= 4 is 11.6 Å². The Bertz CT molecular complexity index is 674. The number of likely N-dealkylation sites (tertiary alicyclic amines) is 1. The maximum Gasteiger partial charge on any atom is 0.252 e. The third-order valence-electron chi connectivity index (χ3n) is 4.60. The summed E-state index contributed by atoms with van der Waals surface area (Å²) in [6.07, 6.45) is 5.47. The highest BCUT2D eigenvalue weighted by Crippen LogP contribution is 2.19. The molecule has 126 valence electrons. The number of amides is 1. The van der Waals surface area contributed by atoms with Crippen molar-refractivity contribution < 1.29 is 4.79 Å². The van der Waals surface area contributed by atoms with Crippen LogP contribution in [0.15, 0.2) is 48.8 Å². The second kappa shape index (κ2) is 7.93. The topological polar surface area (TPSA) is 71.2 Å². The van der Waals surface area contributed by atoms with Crippen LogP contribution in [0.5, 0.6) is 0 Å². The van der Waals surface area contributed by atoms with Gasteiger partial charge >= 0.3 is 0 Å². The summed E-state index contributed by atoms with van der Waals surface area (Å²) >= 11 is 0. The minimum Gasteiger partial charge on any atom is -0.384 e. The van der Waals surface area contributed by atoms with Crippen LogP contribution in [0.4, 0.5) is 5.69 Å². The SMILES string of the molecule is NC(=O)c1cnccc1NCC1CCN(CCc2ccccc2)C1. The molecule has 5 heteroatoms. The molecule has 5 nitrogen and oxygen atoms in total. The second-order valence-corrected chi connectivity index (χ2v) is 6.36. The Morgan fingerprint density at radius 1 is 1.29 bits per heavy atom. The highest BCUT2D eigenvalue weighted by atomic mass is 16.1. The number of nitrogens with zero attached hydrogens (tertiary/aromatic N) is 2. The van der Waals surface area contributed by atoms with Crippen molar-refractivity contribution in [3.63, 3.8) is 0 Å². The van der Waals surface area contributed by atoms with E-state index < -0.39 is 5.91 Å². The van der Waals surface area contributed by atoms with E-state index in [2.05, 4.69) is 45.5 Å². The molecule has 3 N–H and O–H groups in total. The van der Waals surface area contributed by atoms with Gasteiger partial charge in [-0.15, -0.1) is 0 Å². The number of carbonyl (C=O) groups is 1. The van der Waals surface area contributed by atoms with E-state index in [9.17, 15) is 4.79 Å². The number of nitrogens with one attached hydrogen (secondary N) is 1. The smallest absolute Gasteiger partial charge is 0.252 e. The molecule has 0 radical (unpaired) electrons. The van der Waals surface area contributed by atoms with Crippen LogP contribution in [0, 0.1) is 5.92 Å². The first-order valence-electron chi connectivity index (χ1n) is 8.46. The number of carbonyl (C=O) groups excluding carboxylic acids is 1. The van der Waals surface area contributed by atoms with Crippen LogP contribution in [-0.4, -0.2) is 42.0 Å². The molecule has 2 aromatic rings. The molecular weight excluding hydrogens is 300 g/mol. The summed E-state index contributed by atoms with van der Waals surface area (Å²) in [6, 6.07) is 12.4. The van der Waals surface area contributed by atoms with E-state index in [1.807, 2.05) is 6.07 Å². The maximum absolute atomic E-state index is 11.4. The fourth-order valence-corrected chi connectivity index (χ4v) is 3.21. The van der Waals surface area contributed by atoms with Gasteiger partial charge in [0.15, 0.2) is 0 Å². The first kappa shape index (κ1) is 16.5. The van der Waals surface area contributed by atoms with E-state index in [1.165, 1.54) is 18.2 Å². The van der Waals surface area contributed by atoms with Crippen LogP contribution < -0.4 is 11.1 Å². The number of nitrogens with two attached hydrogens (primary N) is 1. The molecule has 1 aromatic carbocycles. The van der Waals surface area contributed by atoms with Crippen molar-refractivity contribution in [2.75, 3.05) is 31.5 Å². The predicted molar refractivity (Wildman–Crippen MR) is 95.9 cm³/mol. The molecule has 1 aromatic heterocycles. The Balaban J connectivity index is 1.46. The summed E-state index contributed by atoms with van der Waals surface area (Å²) in [5, 5.41) is 3.36. The van der Waals surface area contributed by atoms with Crippen LogP contribution in [0.3, 0.4) is 0 Å². The lowest BCUT2D eigenvalue weighted by Crippen LogP contribution is -2.25. The van der Waals surface area contributed by atoms with Crippen molar-refractivity contribution in [1.82, 2.24) is 9.88 Å². The van der Waals surface area contributed by atoms with E-state index in [1.54, 1.807) is 6.20 Å². The van der Waals surface area contributed by atoms with Crippen molar-refractivity contribution in [1.29, 1.82) is 0 Å². The van der Waals surface area contributed by atoms with E-state index in [0.29, 0.717) is 11.5 Å². The molecular formula is C19H24N4O. The standard InChI is InChI=1S/C19H24N4O/c20-19(24)17-13-21-9-6-18(17)22-12-16-8-11-23(14-16)10-7-15-4-2-1-3-5-15/h1-6,9,13,16H,7-8,10-12,14H2,(H2,20,24)(H,21,22). The predicted octanol–water partition coefficient (Wildman–Crippen LogP) is 2.16. The van der Waals surface area contributed by atoms with E-state index >= 15 is 0 Å². The molecule has 1 atom stereocenters. The fourth-order valence-electron chi connectivity index (χ4n) is 3.21. The largest absolute Gasteiger partial charge is 0.384 e. The lowest BCUT2D eigenvalue weighted by Gasteiger charge is -2.17. The minimum atomic E-state index is -0.443. The van der Waals surface area contributed by atoms with Crippen molar-refractivity contribution in [2.24, 2.45) is 11.7 Å². The van der Waals surface area contributed by atoms with E-state index in [4.69, 9.17) is 5.73 Å². The third-order valence-corrected chi connectivity index (χ3v) is 4.60. The summed E-state index contributed by atoms with van der Waals surface area (Å²) in [5.41, 5.74) is 8.01. The van der Waals surface area contributed by atoms with Crippen LogP contribution in [0.2, 0.25) is 0 Å². The molecule has 1 aliphatic rings. The van der Waals surface area contributed by atoms with Gasteiger partial charge in [-0.05, 0) is 36.9 Å². The Labute approximate surface area is 142 Å². The van der Waals surface area contributed by atoms with Gasteiger partial charge in [0.05, 0.1) is 11.3 Å². The zero-order valence-electron chi connectivity index (χ0n) is 13.8. The van der Waals surface area contributed by atoms with Crippen LogP contribution in [-0.2, 0) is 6.42 Å². The molecule has 24 heavy (non-hydrogen) atoms. The van der Waals surface area contributed by atoms with E-state index in [0.717, 1.165) is 38.3 Å².